The second-order valence-electron chi connectivity index (χ2n) is 7.01. The molecule has 2 aliphatic rings. The maximum atomic E-state index is 5.91. The van der Waals surface area contributed by atoms with E-state index >= 15 is 0 Å². The molecule has 4 rings (SSSR count). The molecule has 3 heterocycles. The number of rotatable bonds is 4. The Bertz CT molecular complexity index is 743. The van der Waals surface area contributed by atoms with Crippen molar-refractivity contribution in [3.63, 3.8) is 0 Å². The fourth-order valence-corrected chi connectivity index (χ4v) is 3.28. The summed E-state index contributed by atoms with van der Waals surface area (Å²) in [5.74, 6) is 3.22. The molecule has 0 amide bonds. The zero-order chi connectivity index (χ0) is 17.4. The molecule has 1 aliphatic carbocycles. The molecule has 2 aromatic heterocycles. The van der Waals surface area contributed by atoms with Crippen molar-refractivity contribution >= 4 is 17.7 Å². The van der Waals surface area contributed by atoms with Crippen LogP contribution >= 0.6 is 0 Å². The van der Waals surface area contributed by atoms with Crippen molar-refractivity contribution in [2.24, 2.45) is 0 Å². The number of aromatic nitrogens is 5. The van der Waals surface area contributed by atoms with Gasteiger partial charge in [-0.3, -0.25) is 0 Å². The zero-order valence-corrected chi connectivity index (χ0v) is 14.8. The van der Waals surface area contributed by atoms with Crippen LogP contribution in [0.2, 0.25) is 0 Å². The molecule has 25 heavy (non-hydrogen) atoms. The fourth-order valence-electron chi connectivity index (χ4n) is 3.28. The van der Waals surface area contributed by atoms with E-state index in [2.05, 4.69) is 34.9 Å². The van der Waals surface area contributed by atoms with Crippen LogP contribution in [-0.4, -0.2) is 51.3 Å². The predicted octanol–water partition coefficient (Wildman–Crippen LogP) is 1.53. The Morgan fingerprint density at radius 2 is 1.96 bits per heavy atom. The number of nitrogens with two attached hydrogens (primary N) is 1. The standard InChI is InChI=1S/C17H24N8/c1-11-5-8-14(23-22-11)25-9-3-4-13(10-25)24(2)17-20-15(12-6-7-12)19-16(18)21-17/h5,8,12-13H,3-4,6-7,9-10H2,1-2H3,(H2,18,19,20,21). The quantitative estimate of drug-likeness (QED) is 0.895. The Labute approximate surface area is 147 Å². The molecule has 8 heteroatoms. The molecule has 0 radical (unpaired) electrons. The van der Waals surface area contributed by atoms with Crippen molar-refractivity contribution in [3.05, 3.63) is 23.7 Å². The summed E-state index contributed by atoms with van der Waals surface area (Å²) in [6.45, 7) is 3.82. The summed E-state index contributed by atoms with van der Waals surface area (Å²) in [5, 5.41) is 8.50. The molecule has 0 aromatic carbocycles. The highest BCUT2D eigenvalue weighted by molar-refractivity contribution is 5.41. The first-order valence-electron chi connectivity index (χ1n) is 8.89. The summed E-state index contributed by atoms with van der Waals surface area (Å²) in [6, 6.07) is 4.35. The fraction of sp³-hybridized carbons (Fsp3) is 0.588. The van der Waals surface area contributed by atoms with Gasteiger partial charge in [-0.25, -0.2) is 0 Å². The number of nitrogen functional groups attached to an aromatic ring is 1. The van der Waals surface area contributed by atoms with Gasteiger partial charge in [-0.05, 0) is 44.7 Å². The highest BCUT2D eigenvalue weighted by atomic mass is 15.3. The Morgan fingerprint density at radius 1 is 1.12 bits per heavy atom. The summed E-state index contributed by atoms with van der Waals surface area (Å²) in [7, 11) is 2.04. The van der Waals surface area contributed by atoms with Crippen LogP contribution in [0.3, 0.4) is 0 Å². The molecule has 1 aliphatic heterocycles. The second-order valence-corrected chi connectivity index (χ2v) is 7.01. The van der Waals surface area contributed by atoms with Crippen LogP contribution in [0.15, 0.2) is 12.1 Å². The first-order valence-corrected chi connectivity index (χ1v) is 8.89. The minimum Gasteiger partial charge on any atom is -0.368 e. The summed E-state index contributed by atoms with van der Waals surface area (Å²) >= 11 is 0. The van der Waals surface area contributed by atoms with Gasteiger partial charge in [0.25, 0.3) is 0 Å². The normalized spacial score (nSPS) is 20.6. The van der Waals surface area contributed by atoms with Gasteiger partial charge in [0.1, 0.15) is 5.82 Å². The molecule has 8 nitrogen and oxygen atoms in total. The number of hydrogen-bond donors (Lipinski definition) is 1. The van der Waals surface area contributed by atoms with E-state index < -0.39 is 0 Å². The van der Waals surface area contributed by atoms with Gasteiger partial charge >= 0.3 is 0 Å². The first kappa shape index (κ1) is 16.0. The van der Waals surface area contributed by atoms with E-state index in [9.17, 15) is 0 Å². The molecule has 0 bridgehead atoms. The average molecular weight is 340 g/mol. The van der Waals surface area contributed by atoms with E-state index in [1.165, 1.54) is 0 Å². The van der Waals surface area contributed by atoms with E-state index in [-0.39, 0.29) is 0 Å². The van der Waals surface area contributed by atoms with Gasteiger partial charge in [0, 0.05) is 32.1 Å². The lowest BCUT2D eigenvalue weighted by molar-refractivity contribution is 0.479. The monoisotopic (exact) mass is 340 g/mol. The topological polar surface area (TPSA) is 97.0 Å². The van der Waals surface area contributed by atoms with Crippen LogP contribution in [0.1, 0.15) is 43.1 Å². The van der Waals surface area contributed by atoms with Crippen molar-refractivity contribution in [2.75, 3.05) is 35.7 Å². The average Bonchev–Trinajstić information content (AvgIpc) is 3.46. The zero-order valence-electron chi connectivity index (χ0n) is 14.8. The number of piperidine rings is 1. The maximum absolute atomic E-state index is 5.91. The van der Waals surface area contributed by atoms with Gasteiger partial charge in [0.05, 0.1) is 5.69 Å². The van der Waals surface area contributed by atoms with E-state index in [1.54, 1.807) is 0 Å². The highest BCUT2D eigenvalue weighted by Crippen LogP contribution is 2.38. The largest absolute Gasteiger partial charge is 0.368 e. The van der Waals surface area contributed by atoms with Gasteiger partial charge in [0.15, 0.2) is 5.82 Å². The molecule has 1 saturated heterocycles. The SMILES string of the molecule is Cc1ccc(N2CCCC(N(C)c3nc(N)nc(C4CC4)n3)C2)nn1. The van der Waals surface area contributed by atoms with Crippen molar-refractivity contribution in [1.82, 2.24) is 25.1 Å². The molecule has 0 spiro atoms. The summed E-state index contributed by atoms with van der Waals surface area (Å²) in [5.41, 5.74) is 6.84. The highest BCUT2D eigenvalue weighted by Gasteiger charge is 2.30. The number of nitrogens with zero attached hydrogens (tertiary/aromatic N) is 7. The minimum atomic E-state index is 0.311. The molecule has 1 saturated carbocycles. The van der Waals surface area contributed by atoms with Crippen LogP contribution in [0.25, 0.3) is 0 Å². The van der Waals surface area contributed by atoms with Gasteiger partial charge in [-0.15, -0.1) is 5.10 Å². The van der Waals surface area contributed by atoms with E-state index in [0.29, 0.717) is 23.9 Å². The molecule has 1 unspecified atom stereocenters. The third kappa shape index (κ3) is 3.47. The first-order chi connectivity index (χ1) is 12.1. The van der Waals surface area contributed by atoms with Gasteiger partial charge in [0.2, 0.25) is 11.9 Å². The number of anilines is 3. The third-order valence-electron chi connectivity index (χ3n) is 4.97. The van der Waals surface area contributed by atoms with Crippen LogP contribution < -0.4 is 15.5 Å². The molecule has 2 fully saturated rings. The lowest BCUT2D eigenvalue weighted by atomic mass is 10.0. The molecular formula is C17H24N8. The van der Waals surface area contributed by atoms with Crippen molar-refractivity contribution < 1.29 is 0 Å². The van der Waals surface area contributed by atoms with Crippen molar-refractivity contribution in [3.8, 4) is 0 Å². The van der Waals surface area contributed by atoms with Crippen LogP contribution in [0.4, 0.5) is 17.7 Å². The van der Waals surface area contributed by atoms with E-state index in [1.807, 2.05) is 26.1 Å². The lowest BCUT2D eigenvalue weighted by Crippen LogP contribution is -2.47. The van der Waals surface area contributed by atoms with Gasteiger partial charge < -0.3 is 15.5 Å². The van der Waals surface area contributed by atoms with Crippen molar-refractivity contribution in [2.45, 2.75) is 44.6 Å². The Morgan fingerprint density at radius 3 is 2.68 bits per heavy atom. The van der Waals surface area contributed by atoms with Gasteiger partial charge in [-0.1, -0.05) is 0 Å². The van der Waals surface area contributed by atoms with Crippen LogP contribution in [0, 0.1) is 6.92 Å². The molecule has 2 aromatic rings. The Balaban J connectivity index is 1.51. The Kier molecular flexibility index (Phi) is 4.10. The van der Waals surface area contributed by atoms with Crippen LogP contribution in [0.5, 0.6) is 0 Å². The minimum absolute atomic E-state index is 0.311. The number of aryl methyl sites for hydroxylation is 1. The van der Waals surface area contributed by atoms with Crippen molar-refractivity contribution in [1.29, 1.82) is 0 Å². The lowest BCUT2D eigenvalue weighted by Gasteiger charge is -2.38. The predicted molar refractivity (Wildman–Crippen MR) is 96.6 cm³/mol. The van der Waals surface area contributed by atoms with E-state index in [4.69, 9.17) is 5.73 Å². The Hall–Kier alpha value is -2.51. The van der Waals surface area contributed by atoms with Gasteiger partial charge in [-0.2, -0.15) is 20.1 Å². The summed E-state index contributed by atoms with van der Waals surface area (Å²) < 4.78 is 0. The number of hydrogen-bond acceptors (Lipinski definition) is 8. The van der Waals surface area contributed by atoms with Crippen LogP contribution in [-0.2, 0) is 0 Å². The third-order valence-corrected chi connectivity index (χ3v) is 4.97. The molecular weight excluding hydrogens is 316 g/mol. The summed E-state index contributed by atoms with van der Waals surface area (Å²) in [4.78, 5) is 17.7. The second kappa shape index (κ2) is 6.42. The molecule has 1 atom stereocenters. The molecule has 132 valence electrons. The summed E-state index contributed by atoms with van der Waals surface area (Å²) in [6.07, 6.45) is 4.49. The van der Waals surface area contributed by atoms with E-state index in [0.717, 1.165) is 56.1 Å². The maximum Gasteiger partial charge on any atom is 0.230 e. The smallest absolute Gasteiger partial charge is 0.230 e. The molecule has 2 N–H and O–H groups in total. The number of likely N-dealkylation sites (N-methyl/N-ethyl adjacent to an activating group) is 1.